The van der Waals surface area contributed by atoms with Gasteiger partial charge in [-0.25, -0.2) is 5.43 Å². The molecule has 6 heteroatoms. The van der Waals surface area contributed by atoms with Crippen molar-refractivity contribution in [3.05, 3.63) is 23.8 Å². The van der Waals surface area contributed by atoms with Crippen LogP contribution in [0.25, 0.3) is 0 Å². The molecule has 6 nitrogen and oxygen atoms in total. The molecule has 142 valence electrons. The largest absolute Gasteiger partial charge is 0.493 e. The van der Waals surface area contributed by atoms with E-state index < -0.39 is 0 Å². The first kappa shape index (κ1) is 17.6. The van der Waals surface area contributed by atoms with E-state index in [9.17, 15) is 4.79 Å². The minimum atomic E-state index is -0.125. The number of hydrogen-bond donors (Lipinski definition) is 3. The Morgan fingerprint density at radius 3 is 3.08 bits per heavy atom. The van der Waals surface area contributed by atoms with Crippen LogP contribution in [-0.4, -0.2) is 38.3 Å². The summed E-state index contributed by atoms with van der Waals surface area (Å²) in [5.74, 6) is 3.12. The number of fused-ring (bicyclic) bond motifs is 2. The summed E-state index contributed by atoms with van der Waals surface area (Å²) in [5, 5.41) is 3.15. The Kier molecular flexibility index (Phi) is 5.05. The van der Waals surface area contributed by atoms with Crippen LogP contribution in [0.15, 0.2) is 18.2 Å². The lowest BCUT2D eigenvalue weighted by molar-refractivity contribution is -0.124. The molecule has 1 aliphatic carbocycles. The molecule has 2 fully saturated rings. The molecule has 5 atom stereocenters. The van der Waals surface area contributed by atoms with E-state index in [4.69, 9.17) is 9.47 Å². The normalized spacial score (nSPS) is 32.9. The number of rotatable bonds is 4. The maximum absolute atomic E-state index is 12.7. The number of nitrogens with one attached hydrogen (secondary N) is 3. The van der Waals surface area contributed by atoms with Gasteiger partial charge in [0.05, 0.1) is 13.7 Å². The van der Waals surface area contributed by atoms with Crippen molar-refractivity contribution in [1.29, 1.82) is 0 Å². The fourth-order valence-electron chi connectivity index (χ4n) is 4.64. The van der Waals surface area contributed by atoms with Gasteiger partial charge in [-0.3, -0.25) is 10.2 Å². The Morgan fingerprint density at radius 1 is 1.35 bits per heavy atom. The van der Waals surface area contributed by atoms with Gasteiger partial charge in [0.1, 0.15) is 6.04 Å². The van der Waals surface area contributed by atoms with Crippen LogP contribution in [0.3, 0.4) is 0 Å². The van der Waals surface area contributed by atoms with Crippen molar-refractivity contribution in [2.75, 3.05) is 20.3 Å². The topological polar surface area (TPSA) is 71.6 Å². The first-order valence-electron chi connectivity index (χ1n) is 9.73. The SMILES string of the molecule is COc1cccc2c1OCC(CNC(=O)C1NNC3CCC(C)CC31)C2. The van der Waals surface area contributed by atoms with Crippen molar-refractivity contribution in [1.82, 2.24) is 16.2 Å². The summed E-state index contributed by atoms with van der Waals surface area (Å²) in [5.41, 5.74) is 7.70. The molecule has 3 aliphatic rings. The van der Waals surface area contributed by atoms with Gasteiger partial charge in [-0.1, -0.05) is 19.1 Å². The van der Waals surface area contributed by atoms with Gasteiger partial charge in [-0.15, -0.1) is 0 Å². The van der Waals surface area contributed by atoms with Gasteiger partial charge in [0.15, 0.2) is 11.5 Å². The molecule has 3 N–H and O–H groups in total. The van der Waals surface area contributed by atoms with Crippen molar-refractivity contribution in [3.63, 3.8) is 0 Å². The summed E-state index contributed by atoms with van der Waals surface area (Å²) in [7, 11) is 1.66. The monoisotopic (exact) mass is 359 g/mol. The van der Waals surface area contributed by atoms with Gasteiger partial charge in [-0.05, 0) is 43.2 Å². The van der Waals surface area contributed by atoms with Gasteiger partial charge >= 0.3 is 0 Å². The molecule has 0 bridgehead atoms. The maximum Gasteiger partial charge on any atom is 0.238 e. The highest BCUT2D eigenvalue weighted by atomic mass is 16.5. The molecule has 0 aromatic heterocycles. The van der Waals surface area contributed by atoms with Gasteiger partial charge < -0.3 is 14.8 Å². The smallest absolute Gasteiger partial charge is 0.238 e. The average Bonchev–Trinajstić information content (AvgIpc) is 3.08. The first-order valence-corrected chi connectivity index (χ1v) is 9.73. The summed E-state index contributed by atoms with van der Waals surface area (Å²) in [6.45, 7) is 3.53. The van der Waals surface area contributed by atoms with Crippen molar-refractivity contribution in [3.8, 4) is 11.5 Å². The zero-order chi connectivity index (χ0) is 18.1. The Morgan fingerprint density at radius 2 is 2.23 bits per heavy atom. The number of hydrazine groups is 1. The number of hydrogen-bond acceptors (Lipinski definition) is 5. The van der Waals surface area contributed by atoms with E-state index in [0.29, 0.717) is 31.0 Å². The van der Waals surface area contributed by atoms with E-state index in [2.05, 4.69) is 29.2 Å². The third kappa shape index (κ3) is 3.40. The number of para-hydroxylation sites is 1. The van der Waals surface area contributed by atoms with Crippen LogP contribution in [0.2, 0.25) is 0 Å². The number of ether oxygens (including phenoxy) is 2. The van der Waals surface area contributed by atoms with Crippen molar-refractivity contribution >= 4 is 5.91 Å². The Hall–Kier alpha value is -1.79. The van der Waals surface area contributed by atoms with Crippen LogP contribution < -0.4 is 25.6 Å². The number of carbonyl (C=O) groups excluding carboxylic acids is 1. The van der Waals surface area contributed by atoms with Crippen molar-refractivity contribution in [2.45, 2.75) is 44.7 Å². The second-order valence-corrected chi connectivity index (χ2v) is 8.03. The lowest BCUT2D eigenvalue weighted by Crippen LogP contribution is -2.48. The van der Waals surface area contributed by atoms with Crippen LogP contribution in [0.1, 0.15) is 31.7 Å². The van der Waals surface area contributed by atoms with E-state index >= 15 is 0 Å². The molecule has 1 aromatic rings. The van der Waals surface area contributed by atoms with Gasteiger partial charge in [0.2, 0.25) is 5.91 Å². The summed E-state index contributed by atoms with van der Waals surface area (Å²) < 4.78 is 11.3. The second-order valence-electron chi connectivity index (χ2n) is 8.03. The molecule has 4 rings (SSSR count). The summed E-state index contributed by atoms with van der Waals surface area (Å²) in [6, 6.07) is 6.28. The summed E-state index contributed by atoms with van der Waals surface area (Å²) >= 11 is 0. The van der Waals surface area contributed by atoms with Gasteiger partial charge in [-0.2, -0.15) is 0 Å². The third-order valence-corrected chi connectivity index (χ3v) is 6.11. The van der Waals surface area contributed by atoms with Crippen molar-refractivity contribution < 1.29 is 14.3 Å². The minimum Gasteiger partial charge on any atom is -0.493 e. The van der Waals surface area contributed by atoms with Crippen molar-refractivity contribution in [2.24, 2.45) is 17.8 Å². The van der Waals surface area contributed by atoms with Crippen LogP contribution in [-0.2, 0) is 11.2 Å². The van der Waals surface area contributed by atoms with Gasteiger partial charge in [0.25, 0.3) is 0 Å². The molecular weight excluding hydrogens is 330 g/mol. The van der Waals surface area contributed by atoms with E-state index in [-0.39, 0.29) is 17.9 Å². The Bertz CT molecular complexity index is 666. The fraction of sp³-hybridized carbons (Fsp3) is 0.650. The minimum absolute atomic E-state index is 0.107. The van der Waals surface area contributed by atoms with E-state index in [1.54, 1.807) is 7.11 Å². The molecule has 0 radical (unpaired) electrons. The Balaban J connectivity index is 1.32. The van der Waals surface area contributed by atoms with Crippen LogP contribution in [0.5, 0.6) is 11.5 Å². The highest BCUT2D eigenvalue weighted by Crippen LogP contribution is 2.36. The molecule has 2 aliphatic heterocycles. The second kappa shape index (κ2) is 7.45. The number of amides is 1. The highest BCUT2D eigenvalue weighted by molar-refractivity contribution is 5.82. The van der Waals surface area contributed by atoms with Crippen LogP contribution in [0.4, 0.5) is 0 Å². The molecular formula is C20H29N3O3. The quantitative estimate of drug-likeness (QED) is 0.762. The molecule has 5 unspecified atom stereocenters. The third-order valence-electron chi connectivity index (χ3n) is 6.11. The number of benzene rings is 1. The molecule has 26 heavy (non-hydrogen) atoms. The lowest BCUT2D eigenvalue weighted by Gasteiger charge is -2.31. The maximum atomic E-state index is 12.7. The molecule has 2 heterocycles. The predicted molar refractivity (Wildman–Crippen MR) is 99.0 cm³/mol. The highest BCUT2D eigenvalue weighted by Gasteiger charge is 2.42. The summed E-state index contributed by atoms with van der Waals surface area (Å²) in [6.07, 6.45) is 4.40. The van der Waals surface area contributed by atoms with E-state index in [1.165, 1.54) is 6.42 Å². The van der Waals surface area contributed by atoms with Crippen LogP contribution >= 0.6 is 0 Å². The predicted octanol–water partition coefficient (Wildman–Crippen LogP) is 1.64. The zero-order valence-corrected chi connectivity index (χ0v) is 15.6. The molecule has 1 amide bonds. The lowest BCUT2D eigenvalue weighted by atomic mass is 9.76. The Labute approximate surface area is 155 Å². The standard InChI is InChI=1S/C20H29N3O3/c1-12-6-7-16-15(8-12)18(23-22-16)20(24)21-10-13-9-14-4-3-5-17(25-2)19(14)26-11-13/h3-5,12-13,15-16,18,22-23H,6-11H2,1-2H3,(H,21,24). The summed E-state index contributed by atoms with van der Waals surface area (Å²) in [4.78, 5) is 12.7. The van der Waals surface area contributed by atoms with Gasteiger partial charge in [0, 0.05) is 24.4 Å². The molecule has 1 aromatic carbocycles. The average molecular weight is 359 g/mol. The number of carbonyl (C=O) groups is 1. The first-order chi connectivity index (χ1) is 12.7. The molecule has 0 spiro atoms. The van der Waals surface area contributed by atoms with E-state index in [0.717, 1.165) is 36.3 Å². The van der Waals surface area contributed by atoms with E-state index in [1.807, 2.05) is 12.1 Å². The molecule has 1 saturated heterocycles. The fourth-order valence-corrected chi connectivity index (χ4v) is 4.64. The van der Waals surface area contributed by atoms with Crippen LogP contribution in [0, 0.1) is 17.8 Å². The molecule has 1 saturated carbocycles. The zero-order valence-electron chi connectivity index (χ0n) is 15.6. The number of methoxy groups -OCH3 is 1.